The van der Waals surface area contributed by atoms with E-state index in [1.807, 2.05) is 18.4 Å². The van der Waals surface area contributed by atoms with E-state index in [9.17, 15) is 4.79 Å². The summed E-state index contributed by atoms with van der Waals surface area (Å²) in [6.45, 7) is 2.27. The van der Waals surface area contributed by atoms with Crippen LogP contribution in [-0.4, -0.2) is 22.7 Å². The highest BCUT2D eigenvalue weighted by Crippen LogP contribution is 2.17. The third-order valence-electron chi connectivity index (χ3n) is 2.79. The number of alkyl carbamates (subject to hydrolysis) is 1. The third kappa shape index (κ3) is 2.78. The number of aryl methyl sites for hydroxylation is 1. The molecule has 0 radical (unpaired) electrons. The van der Waals surface area contributed by atoms with E-state index in [1.54, 1.807) is 23.7 Å². The SMILES string of the molecule is Cc1nc(C#Cc2cncc([C@@H]3COC(=O)N3)c2)cs1. The number of ether oxygens (including phenoxy) is 1. The zero-order valence-electron chi connectivity index (χ0n) is 10.7. The molecule has 2 aromatic rings. The van der Waals surface area contributed by atoms with E-state index >= 15 is 0 Å². The topological polar surface area (TPSA) is 64.1 Å². The number of thiazole rings is 1. The molecule has 1 N–H and O–H groups in total. The lowest BCUT2D eigenvalue weighted by atomic mass is 10.1. The fourth-order valence-electron chi connectivity index (χ4n) is 1.84. The molecule has 0 aliphatic carbocycles. The molecule has 2 aromatic heterocycles. The fraction of sp³-hybridized carbons (Fsp3) is 0.214. The van der Waals surface area contributed by atoms with Crippen LogP contribution in [0.1, 0.15) is 27.9 Å². The van der Waals surface area contributed by atoms with Gasteiger partial charge in [0.15, 0.2) is 0 Å². The number of cyclic esters (lactones) is 1. The second kappa shape index (κ2) is 5.31. The molecular formula is C14H11N3O2S. The summed E-state index contributed by atoms with van der Waals surface area (Å²) in [5.41, 5.74) is 2.43. The van der Waals surface area contributed by atoms with Gasteiger partial charge in [0.2, 0.25) is 0 Å². The molecule has 20 heavy (non-hydrogen) atoms. The Labute approximate surface area is 120 Å². The van der Waals surface area contributed by atoms with Crippen LogP contribution in [0.4, 0.5) is 4.79 Å². The lowest BCUT2D eigenvalue weighted by Gasteiger charge is -2.06. The minimum Gasteiger partial charge on any atom is -0.447 e. The number of pyridine rings is 1. The summed E-state index contributed by atoms with van der Waals surface area (Å²) in [6.07, 6.45) is 3.00. The maximum absolute atomic E-state index is 11.0. The second-order valence-electron chi connectivity index (χ2n) is 4.30. The molecular weight excluding hydrogens is 274 g/mol. The summed E-state index contributed by atoms with van der Waals surface area (Å²) in [5.74, 6) is 6.03. The van der Waals surface area contributed by atoms with Crippen LogP contribution >= 0.6 is 11.3 Å². The minimum atomic E-state index is -0.399. The van der Waals surface area contributed by atoms with Gasteiger partial charge in [0.25, 0.3) is 0 Å². The van der Waals surface area contributed by atoms with Gasteiger partial charge in [-0.05, 0) is 24.5 Å². The molecule has 6 heteroatoms. The molecule has 1 amide bonds. The maximum atomic E-state index is 11.0. The normalized spacial score (nSPS) is 17.1. The predicted molar refractivity (Wildman–Crippen MR) is 74.3 cm³/mol. The maximum Gasteiger partial charge on any atom is 0.407 e. The van der Waals surface area contributed by atoms with Gasteiger partial charge in [-0.25, -0.2) is 9.78 Å². The number of nitrogens with one attached hydrogen (secondary N) is 1. The first-order valence-electron chi connectivity index (χ1n) is 6.03. The standard InChI is InChI=1S/C14H11N3O2S/c1-9-16-12(8-20-9)3-2-10-4-11(6-15-5-10)13-7-19-14(18)17-13/h4-6,8,13H,7H2,1H3,(H,17,18)/t13-/m0/s1. The molecule has 100 valence electrons. The Morgan fingerprint density at radius 2 is 2.35 bits per heavy atom. The van der Waals surface area contributed by atoms with Gasteiger partial charge in [0.1, 0.15) is 12.3 Å². The molecule has 1 atom stereocenters. The third-order valence-corrected chi connectivity index (χ3v) is 3.56. The van der Waals surface area contributed by atoms with E-state index in [4.69, 9.17) is 4.74 Å². The largest absolute Gasteiger partial charge is 0.447 e. The van der Waals surface area contributed by atoms with E-state index in [-0.39, 0.29) is 6.04 Å². The van der Waals surface area contributed by atoms with Crippen LogP contribution in [0.15, 0.2) is 23.8 Å². The van der Waals surface area contributed by atoms with Crippen molar-refractivity contribution in [2.75, 3.05) is 6.61 Å². The van der Waals surface area contributed by atoms with Crippen molar-refractivity contribution in [1.82, 2.24) is 15.3 Å². The van der Waals surface area contributed by atoms with E-state index in [1.165, 1.54) is 0 Å². The number of hydrogen-bond acceptors (Lipinski definition) is 5. The lowest BCUT2D eigenvalue weighted by Crippen LogP contribution is -2.18. The first kappa shape index (κ1) is 12.6. The number of aromatic nitrogens is 2. The zero-order chi connectivity index (χ0) is 13.9. The van der Waals surface area contributed by atoms with Gasteiger partial charge in [-0.2, -0.15) is 0 Å². The number of nitrogens with zero attached hydrogens (tertiary/aromatic N) is 2. The van der Waals surface area contributed by atoms with Gasteiger partial charge in [0.05, 0.1) is 11.0 Å². The van der Waals surface area contributed by atoms with Crippen LogP contribution in [0.3, 0.4) is 0 Å². The molecule has 0 spiro atoms. The van der Waals surface area contributed by atoms with Crippen LogP contribution in [0.5, 0.6) is 0 Å². The second-order valence-corrected chi connectivity index (χ2v) is 5.37. The van der Waals surface area contributed by atoms with Gasteiger partial charge >= 0.3 is 6.09 Å². The molecule has 1 aliphatic rings. The van der Waals surface area contributed by atoms with Crippen LogP contribution < -0.4 is 5.32 Å². The number of hydrogen-bond donors (Lipinski definition) is 1. The summed E-state index contributed by atoms with van der Waals surface area (Å²) >= 11 is 1.57. The van der Waals surface area contributed by atoms with Crippen LogP contribution in [0, 0.1) is 18.8 Å². The predicted octanol–water partition coefficient (Wildman–Crippen LogP) is 2.03. The van der Waals surface area contributed by atoms with E-state index < -0.39 is 6.09 Å². The Hall–Kier alpha value is -2.39. The molecule has 0 aromatic carbocycles. The molecule has 1 aliphatic heterocycles. The van der Waals surface area contributed by atoms with Crippen molar-refractivity contribution in [1.29, 1.82) is 0 Å². The first-order valence-corrected chi connectivity index (χ1v) is 6.91. The molecule has 1 fully saturated rings. The number of carbonyl (C=O) groups excluding carboxylic acids is 1. The Bertz CT molecular complexity index is 714. The van der Waals surface area contributed by atoms with Crippen LogP contribution in [0.2, 0.25) is 0 Å². The van der Waals surface area contributed by atoms with Gasteiger partial charge in [0, 0.05) is 23.3 Å². The molecule has 5 nitrogen and oxygen atoms in total. The summed E-state index contributed by atoms with van der Waals surface area (Å²) in [7, 11) is 0. The monoisotopic (exact) mass is 285 g/mol. The van der Waals surface area contributed by atoms with Crippen molar-refractivity contribution in [2.24, 2.45) is 0 Å². The summed E-state index contributed by atoms with van der Waals surface area (Å²) in [4.78, 5) is 19.5. The van der Waals surface area contributed by atoms with Crippen LogP contribution in [0.25, 0.3) is 0 Å². The van der Waals surface area contributed by atoms with Crippen molar-refractivity contribution in [3.05, 3.63) is 45.7 Å². The van der Waals surface area contributed by atoms with E-state index in [2.05, 4.69) is 27.1 Å². The summed E-state index contributed by atoms with van der Waals surface area (Å²) in [6, 6.07) is 1.75. The van der Waals surface area contributed by atoms with Crippen molar-refractivity contribution >= 4 is 17.4 Å². The van der Waals surface area contributed by atoms with Crippen LogP contribution in [-0.2, 0) is 4.74 Å². The minimum absolute atomic E-state index is 0.154. The average Bonchev–Trinajstić information content (AvgIpc) is 3.06. The summed E-state index contributed by atoms with van der Waals surface area (Å²) in [5, 5.41) is 5.63. The van der Waals surface area contributed by atoms with Crippen molar-refractivity contribution in [3.63, 3.8) is 0 Å². The molecule has 1 saturated heterocycles. The molecule has 3 heterocycles. The summed E-state index contributed by atoms with van der Waals surface area (Å²) < 4.78 is 4.87. The average molecular weight is 285 g/mol. The Balaban J connectivity index is 1.81. The molecule has 0 bridgehead atoms. The van der Waals surface area contributed by atoms with Gasteiger partial charge in [-0.3, -0.25) is 4.98 Å². The van der Waals surface area contributed by atoms with Crippen molar-refractivity contribution in [3.8, 4) is 11.8 Å². The van der Waals surface area contributed by atoms with Crippen molar-refractivity contribution < 1.29 is 9.53 Å². The molecule has 0 unspecified atom stereocenters. The fourth-order valence-corrected chi connectivity index (χ4v) is 2.38. The highest BCUT2D eigenvalue weighted by molar-refractivity contribution is 7.09. The quantitative estimate of drug-likeness (QED) is 0.814. The van der Waals surface area contributed by atoms with Gasteiger partial charge in [-0.1, -0.05) is 5.92 Å². The number of amides is 1. The Kier molecular flexibility index (Phi) is 3.35. The number of rotatable bonds is 1. The van der Waals surface area contributed by atoms with E-state index in [0.717, 1.165) is 21.8 Å². The highest BCUT2D eigenvalue weighted by atomic mass is 32.1. The smallest absolute Gasteiger partial charge is 0.407 e. The molecule has 0 saturated carbocycles. The lowest BCUT2D eigenvalue weighted by molar-refractivity contribution is 0.177. The zero-order valence-corrected chi connectivity index (χ0v) is 11.5. The van der Waals surface area contributed by atoms with Crippen molar-refractivity contribution in [2.45, 2.75) is 13.0 Å². The molecule has 3 rings (SSSR count). The number of carbonyl (C=O) groups is 1. The van der Waals surface area contributed by atoms with Gasteiger partial charge in [-0.15, -0.1) is 11.3 Å². The Morgan fingerprint density at radius 1 is 1.45 bits per heavy atom. The Morgan fingerprint density at radius 3 is 3.05 bits per heavy atom. The van der Waals surface area contributed by atoms with E-state index in [0.29, 0.717) is 6.61 Å². The van der Waals surface area contributed by atoms with Gasteiger partial charge < -0.3 is 10.1 Å². The first-order chi connectivity index (χ1) is 9.70. The highest BCUT2D eigenvalue weighted by Gasteiger charge is 2.23.